The average Bonchev–Trinajstić information content (AvgIpc) is 2.73. The number of benzene rings is 4. The molecule has 4 aromatic rings. The first-order valence-corrected chi connectivity index (χ1v) is 7.52. The van der Waals surface area contributed by atoms with Gasteiger partial charge in [-0.15, -0.1) is 0 Å². The maximum atomic E-state index is 14.4. The van der Waals surface area contributed by atoms with Crippen molar-refractivity contribution in [1.82, 2.24) is 0 Å². The van der Waals surface area contributed by atoms with Crippen LogP contribution in [0.25, 0.3) is 32.3 Å². The van der Waals surface area contributed by atoms with Gasteiger partial charge in [-0.1, -0.05) is 0 Å². The van der Waals surface area contributed by atoms with Crippen LogP contribution in [0.2, 0.25) is 0 Å². The molecule has 12 heteroatoms. The highest BCUT2D eigenvalue weighted by Crippen LogP contribution is 2.45. The van der Waals surface area contributed by atoms with Crippen molar-refractivity contribution in [3.8, 4) is 0 Å². The minimum atomic E-state index is -2.66. The summed E-state index contributed by atoms with van der Waals surface area (Å²) in [6.07, 6.45) is 0. The van der Waals surface area contributed by atoms with E-state index in [1.807, 2.05) is 0 Å². The molecule has 30 heavy (non-hydrogen) atoms. The van der Waals surface area contributed by atoms with Crippen LogP contribution in [0.15, 0.2) is 0 Å². The van der Waals surface area contributed by atoms with Crippen LogP contribution in [0.1, 0.15) is 0 Å². The van der Waals surface area contributed by atoms with E-state index in [1.165, 1.54) is 0 Å². The Morgan fingerprint density at radius 3 is 0.367 bits per heavy atom. The molecule has 0 nitrogen and oxygen atoms in total. The van der Waals surface area contributed by atoms with Crippen LogP contribution >= 0.6 is 0 Å². The van der Waals surface area contributed by atoms with Crippen LogP contribution in [-0.2, 0) is 0 Å². The lowest BCUT2D eigenvalue weighted by Gasteiger charge is -2.16. The lowest BCUT2D eigenvalue weighted by Crippen LogP contribution is -2.08. The molecule has 0 amide bonds. The fraction of sp³-hybridized carbons (Fsp3) is 0. The number of hydrogen-bond donors (Lipinski definition) is 0. The lowest BCUT2D eigenvalue weighted by atomic mass is 9.91. The number of fused-ring (bicyclic) bond motifs is 6. The van der Waals surface area contributed by atoms with Gasteiger partial charge < -0.3 is 0 Å². The quantitative estimate of drug-likeness (QED) is 0.121. The molecule has 0 saturated heterocycles. The van der Waals surface area contributed by atoms with Gasteiger partial charge in [-0.2, -0.15) is 0 Å². The van der Waals surface area contributed by atoms with E-state index in [0.717, 1.165) is 0 Å². The first-order valence-electron chi connectivity index (χ1n) is 7.52. The van der Waals surface area contributed by atoms with Crippen LogP contribution in [0, 0.1) is 69.8 Å². The van der Waals surface area contributed by atoms with Crippen molar-refractivity contribution in [2.45, 2.75) is 0 Å². The van der Waals surface area contributed by atoms with Gasteiger partial charge in [-0.3, -0.25) is 0 Å². The third-order valence-electron chi connectivity index (χ3n) is 4.55. The molecule has 0 aliphatic heterocycles. The van der Waals surface area contributed by atoms with Gasteiger partial charge in [-0.25, -0.2) is 52.7 Å². The third kappa shape index (κ3) is 2.16. The van der Waals surface area contributed by atoms with Crippen molar-refractivity contribution in [2.24, 2.45) is 0 Å². The maximum Gasteiger partial charge on any atom is 0.198 e. The van der Waals surface area contributed by atoms with E-state index >= 15 is 0 Å². The summed E-state index contributed by atoms with van der Waals surface area (Å²) in [6.45, 7) is 0. The molecule has 0 fully saturated rings. The Bertz CT molecular complexity index is 1140. The van der Waals surface area contributed by atoms with Crippen LogP contribution in [-0.4, -0.2) is 0 Å². The summed E-state index contributed by atoms with van der Waals surface area (Å²) in [5, 5.41) is -11.4. The molecule has 0 aromatic heterocycles. The summed E-state index contributed by atoms with van der Waals surface area (Å²) in [7, 11) is 0. The molecule has 0 heterocycles. The fourth-order valence-corrected chi connectivity index (χ4v) is 3.30. The second kappa shape index (κ2) is 6.16. The smallest absolute Gasteiger partial charge is 0.198 e. The van der Waals surface area contributed by atoms with E-state index in [9.17, 15) is 52.7 Å². The maximum absolute atomic E-state index is 14.4. The molecule has 0 atom stereocenters. The Labute approximate surface area is 155 Å². The van der Waals surface area contributed by atoms with Crippen LogP contribution in [0.4, 0.5) is 52.7 Å². The molecule has 0 spiro atoms. The average molecular weight is 444 g/mol. The van der Waals surface area contributed by atoms with E-state index in [1.54, 1.807) is 0 Å². The molecule has 0 saturated carbocycles. The molecule has 4 rings (SSSR count). The summed E-state index contributed by atoms with van der Waals surface area (Å²) in [5.74, 6) is -31.2. The summed E-state index contributed by atoms with van der Waals surface area (Å²) in [4.78, 5) is 0. The van der Waals surface area contributed by atoms with Gasteiger partial charge in [0.2, 0.25) is 0 Å². The summed E-state index contributed by atoms with van der Waals surface area (Å²) >= 11 is 0. The zero-order valence-electron chi connectivity index (χ0n) is 13.5. The van der Waals surface area contributed by atoms with Gasteiger partial charge in [0.25, 0.3) is 0 Å². The van der Waals surface area contributed by atoms with Crippen LogP contribution < -0.4 is 0 Å². The Balaban J connectivity index is 2.66. The zero-order chi connectivity index (χ0) is 22.4. The van der Waals surface area contributed by atoms with E-state index in [0.29, 0.717) is 0 Å². The Morgan fingerprint density at radius 1 is 0.167 bits per heavy atom. The molecule has 0 aliphatic carbocycles. The largest absolute Gasteiger partial charge is 0.203 e. The van der Waals surface area contributed by atoms with Gasteiger partial charge in [0.1, 0.15) is 0 Å². The third-order valence-corrected chi connectivity index (χ3v) is 4.55. The summed E-state index contributed by atoms with van der Waals surface area (Å²) in [6, 6.07) is 0. The fourth-order valence-electron chi connectivity index (χ4n) is 3.30. The predicted molar refractivity (Wildman–Crippen MR) is 78.5 cm³/mol. The Hall–Kier alpha value is -3.18. The molecule has 156 valence electrons. The molecule has 0 N–H and O–H groups in total. The SMILES string of the molecule is Fc1c(F)c(F)c2c(c1F)c1c(F)c(F)c(F)c(F)c1c1c(F)c(F)c(F)c(F)c21. The highest BCUT2D eigenvalue weighted by Gasteiger charge is 2.34. The van der Waals surface area contributed by atoms with E-state index in [4.69, 9.17) is 0 Å². The van der Waals surface area contributed by atoms with Gasteiger partial charge >= 0.3 is 0 Å². The molecule has 4 aromatic carbocycles. The standard InChI is InChI=1S/C18F12/c19-7-1-2(8(20)14(26)13(7)25)4-6(12(24)18(30)17(29)11(4)23)5-3(1)9(21)15(27)16(28)10(5)22. The van der Waals surface area contributed by atoms with Gasteiger partial charge in [0.05, 0.1) is 0 Å². The first-order chi connectivity index (χ1) is 13.9. The summed E-state index contributed by atoms with van der Waals surface area (Å²) < 4.78 is 169. The number of rotatable bonds is 0. The normalized spacial score (nSPS) is 12.0. The van der Waals surface area contributed by atoms with Crippen molar-refractivity contribution < 1.29 is 52.7 Å². The second-order valence-corrected chi connectivity index (χ2v) is 6.02. The Kier molecular flexibility index (Phi) is 4.13. The molecular weight excluding hydrogens is 444 g/mol. The number of hydrogen-bond acceptors (Lipinski definition) is 0. The predicted octanol–water partition coefficient (Wildman–Crippen LogP) is 6.82. The number of halogens is 12. The first kappa shape index (κ1) is 20.1. The van der Waals surface area contributed by atoms with Crippen LogP contribution in [0.5, 0.6) is 0 Å². The van der Waals surface area contributed by atoms with Crippen molar-refractivity contribution in [2.75, 3.05) is 0 Å². The van der Waals surface area contributed by atoms with Gasteiger partial charge in [0.15, 0.2) is 69.8 Å². The molecule has 0 radical (unpaired) electrons. The topological polar surface area (TPSA) is 0 Å². The van der Waals surface area contributed by atoms with E-state index < -0.39 is 102 Å². The minimum Gasteiger partial charge on any atom is -0.203 e. The van der Waals surface area contributed by atoms with E-state index in [2.05, 4.69) is 0 Å². The van der Waals surface area contributed by atoms with Crippen LogP contribution in [0.3, 0.4) is 0 Å². The van der Waals surface area contributed by atoms with Gasteiger partial charge in [-0.05, 0) is 0 Å². The van der Waals surface area contributed by atoms with E-state index in [-0.39, 0.29) is 0 Å². The monoisotopic (exact) mass is 444 g/mol. The minimum absolute atomic E-state index is 1.89. The molecule has 0 aliphatic rings. The van der Waals surface area contributed by atoms with Gasteiger partial charge in [0, 0.05) is 32.3 Å². The Morgan fingerprint density at radius 2 is 0.267 bits per heavy atom. The van der Waals surface area contributed by atoms with Crippen molar-refractivity contribution in [3.63, 3.8) is 0 Å². The zero-order valence-corrected chi connectivity index (χ0v) is 13.5. The van der Waals surface area contributed by atoms with Crippen molar-refractivity contribution in [3.05, 3.63) is 69.8 Å². The molecule has 0 unspecified atom stereocenters. The molecule has 0 bridgehead atoms. The lowest BCUT2D eigenvalue weighted by molar-refractivity contribution is 0.412. The highest BCUT2D eigenvalue weighted by molar-refractivity contribution is 6.26. The second-order valence-electron chi connectivity index (χ2n) is 6.02. The highest BCUT2D eigenvalue weighted by atomic mass is 19.2. The van der Waals surface area contributed by atoms with Crippen molar-refractivity contribution in [1.29, 1.82) is 0 Å². The summed E-state index contributed by atoms with van der Waals surface area (Å²) in [5.41, 5.74) is 0. The molecular formula is C18F12. The van der Waals surface area contributed by atoms with Crippen molar-refractivity contribution >= 4 is 32.3 Å².